The number of hydrogen-bond donors (Lipinski definition) is 2. The molecule has 1 heterocycles. The van der Waals surface area contributed by atoms with E-state index >= 15 is 0 Å². The highest BCUT2D eigenvalue weighted by Gasteiger charge is 2.23. The first-order valence-corrected chi connectivity index (χ1v) is 11.0. The summed E-state index contributed by atoms with van der Waals surface area (Å²) >= 11 is 0. The van der Waals surface area contributed by atoms with Gasteiger partial charge in [-0.2, -0.15) is 0 Å². The third kappa shape index (κ3) is 5.21. The van der Waals surface area contributed by atoms with Crippen molar-refractivity contribution in [3.8, 4) is 5.75 Å². The van der Waals surface area contributed by atoms with Crippen LogP contribution in [0, 0.1) is 6.92 Å². The molecule has 168 valence electrons. The van der Waals surface area contributed by atoms with Crippen molar-refractivity contribution in [2.45, 2.75) is 26.0 Å². The van der Waals surface area contributed by atoms with Gasteiger partial charge in [0.05, 0.1) is 12.7 Å². The van der Waals surface area contributed by atoms with Crippen LogP contribution in [0.2, 0.25) is 0 Å². The lowest BCUT2D eigenvalue weighted by atomic mass is 9.99. The second kappa shape index (κ2) is 10.0. The predicted molar refractivity (Wildman–Crippen MR) is 127 cm³/mol. The van der Waals surface area contributed by atoms with Crippen molar-refractivity contribution in [1.82, 2.24) is 5.32 Å². The smallest absolute Gasteiger partial charge is 0.341 e. The fourth-order valence-corrected chi connectivity index (χ4v) is 4.33. The van der Waals surface area contributed by atoms with Crippen LogP contribution in [-0.4, -0.2) is 50.0 Å². The molecule has 0 spiro atoms. The summed E-state index contributed by atoms with van der Waals surface area (Å²) < 4.78 is 11.3. The molecule has 0 amide bonds. The Kier molecular flexibility index (Phi) is 6.93. The Labute approximate surface area is 188 Å². The van der Waals surface area contributed by atoms with Crippen molar-refractivity contribution in [2.24, 2.45) is 0 Å². The maximum absolute atomic E-state index is 10.7. The van der Waals surface area contributed by atoms with Crippen molar-refractivity contribution < 1.29 is 19.4 Å². The van der Waals surface area contributed by atoms with E-state index in [-0.39, 0.29) is 18.8 Å². The van der Waals surface area contributed by atoms with Crippen molar-refractivity contribution in [3.05, 3.63) is 71.8 Å². The van der Waals surface area contributed by atoms with Gasteiger partial charge in [-0.3, -0.25) is 0 Å². The first kappa shape index (κ1) is 22.1. The number of hydrogen-bond acceptors (Lipinski definition) is 5. The van der Waals surface area contributed by atoms with Gasteiger partial charge in [0.15, 0.2) is 6.61 Å². The third-order valence-electron chi connectivity index (χ3n) is 5.95. The quantitative estimate of drug-likeness (QED) is 0.555. The molecular weight excluding hydrogens is 404 g/mol. The van der Waals surface area contributed by atoms with Gasteiger partial charge >= 0.3 is 5.97 Å². The summed E-state index contributed by atoms with van der Waals surface area (Å²) in [7, 11) is 0. The summed E-state index contributed by atoms with van der Waals surface area (Å²) in [5, 5.41) is 15.0. The van der Waals surface area contributed by atoms with E-state index in [9.17, 15) is 4.79 Å². The number of carboxylic acid groups (broad SMARTS) is 1. The Bertz CT molecular complexity index is 1080. The number of carbonyl (C=O) groups is 1. The van der Waals surface area contributed by atoms with E-state index in [1.807, 2.05) is 25.1 Å². The fourth-order valence-electron chi connectivity index (χ4n) is 4.33. The molecule has 0 radical (unpaired) electrons. The molecule has 0 aliphatic carbocycles. The minimum Gasteiger partial charge on any atom is -0.482 e. The standard InChI is InChI=1S/C26H30N2O4/c1-18-14-21(32-17-26(29)30)10-11-25(18)28-12-13-31-22(16-28)15-27-19(2)23-9-5-7-20-6-3-4-8-24(20)23/h3-11,14,19,22,27H,12-13,15-17H2,1-2H3,(H,29,30)/t19-,22?/m1/s1. The first-order chi connectivity index (χ1) is 15.5. The lowest BCUT2D eigenvalue weighted by Crippen LogP contribution is -2.47. The van der Waals surface area contributed by atoms with Gasteiger partial charge in [0.1, 0.15) is 5.75 Å². The second-order valence-corrected chi connectivity index (χ2v) is 8.27. The molecule has 32 heavy (non-hydrogen) atoms. The van der Waals surface area contributed by atoms with Crippen molar-refractivity contribution in [1.29, 1.82) is 0 Å². The minimum absolute atomic E-state index is 0.0866. The molecule has 1 fully saturated rings. The van der Waals surface area contributed by atoms with Crippen LogP contribution in [0.3, 0.4) is 0 Å². The molecule has 0 aromatic heterocycles. The highest BCUT2D eigenvalue weighted by Crippen LogP contribution is 2.27. The Morgan fingerprint density at radius 2 is 2.03 bits per heavy atom. The molecule has 6 heteroatoms. The van der Waals surface area contributed by atoms with E-state index in [1.165, 1.54) is 16.3 Å². The Morgan fingerprint density at radius 1 is 1.22 bits per heavy atom. The van der Waals surface area contributed by atoms with Crippen LogP contribution in [0.5, 0.6) is 5.75 Å². The molecule has 1 aliphatic rings. The van der Waals surface area contributed by atoms with Gasteiger partial charge in [-0.1, -0.05) is 42.5 Å². The largest absolute Gasteiger partial charge is 0.482 e. The van der Waals surface area contributed by atoms with Crippen LogP contribution in [-0.2, 0) is 9.53 Å². The molecule has 3 aromatic rings. The Morgan fingerprint density at radius 3 is 2.84 bits per heavy atom. The summed E-state index contributed by atoms with van der Waals surface area (Å²) in [5.74, 6) is -0.406. The van der Waals surface area contributed by atoms with Crippen LogP contribution in [0.25, 0.3) is 10.8 Å². The Hall–Kier alpha value is -3.09. The normalized spacial score (nSPS) is 17.3. The highest BCUT2D eigenvalue weighted by molar-refractivity contribution is 5.86. The Balaban J connectivity index is 1.37. The number of ether oxygens (including phenoxy) is 2. The van der Waals surface area contributed by atoms with Crippen molar-refractivity contribution in [3.63, 3.8) is 0 Å². The number of nitrogens with zero attached hydrogens (tertiary/aromatic N) is 1. The maximum Gasteiger partial charge on any atom is 0.341 e. The second-order valence-electron chi connectivity index (χ2n) is 8.27. The number of carboxylic acids is 1. The summed E-state index contributed by atoms with van der Waals surface area (Å²) in [6.07, 6.45) is 0.0866. The predicted octanol–water partition coefficient (Wildman–Crippen LogP) is 4.17. The lowest BCUT2D eigenvalue weighted by Gasteiger charge is -2.36. The monoisotopic (exact) mass is 434 g/mol. The van der Waals surface area contributed by atoms with Crippen LogP contribution in [0.4, 0.5) is 5.69 Å². The van der Waals surface area contributed by atoms with Crippen LogP contribution in [0.1, 0.15) is 24.1 Å². The molecule has 2 N–H and O–H groups in total. The summed E-state index contributed by atoms with van der Waals surface area (Å²) in [5.41, 5.74) is 3.48. The van der Waals surface area contributed by atoms with Gasteiger partial charge in [0.2, 0.25) is 0 Å². The van der Waals surface area contributed by atoms with E-state index in [1.54, 1.807) is 0 Å². The van der Waals surface area contributed by atoms with Gasteiger partial charge in [-0.15, -0.1) is 0 Å². The molecule has 6 nitrogen and oxygen atoms in total. The first-order valence-electron chi connectivity index (χ1n) is 11.0. The number of anilines is 1. The number of fused-ring (bicyclic) bond motifs is 1. The van der Waals surface area contributed by atoms with E-state index in [0.29, 0.717) is 12.4 Å². The SMILES string of the molecule is Cc1cc(OCC(=O)O)ccc1N1CCOC(CN[C@H](C)c2cccc3ccccc23)C1. The van der Waals surface area contributed by atoms with Gasteiger partial charge in [0.25, 0.3) is 0 Å². The van der Waals surface area contributed by atoms with Gasteiger partial charge in [-0.25, -0.2) is 4.79 Å². The number of benzene rings is 3. The van der Waals surface area contributed by atoms with Crippen molar-refractivity contribution >= 4 is 22.4 Å². The molecule has 3 aromatic carbocycles. The van der Waals surface area contributed by atoms with Gasteiger partial charge in [-0.05, 0) is 53.9 Å². The summed E-state index contributed by atoms with van der Waals surface area (Å²) in [4.78, 5) is 13.0. The zero-order valence-electron chi connectivity index (χ0n) is 18.6. The maximum atomic E-state index is 10.7. The molecule has 1 saturated heterocycles. The van der Waals surface area contributed by atoms with E-state index in [2.05, 4.69) is 59.6 Å². The fraction of sp³-hybridized carbons (Fsp3) is 0.346. The highest BCUT2D eigenvalue weighted by atomic mass is 16.5. The zero-order chi connectivity index (χ0) is 22.5. The number of nitrogens with one attached hydrogen (secondary N) is 1. The van der Waals surface area contributed by atoms with E-state index in [4.69, 9.17) is 14.6 Å². The minimum atomic E-state index is -0.979. The van der Waals surface area contributed by atoms with E-state index in [0.717, 1.165) is 30.9 Å². The zero-order valence-corrected chi connectivity index (χ0v) is 18.6. The number of aliphatic carboxylic acids is 1. The van der Waals surface area contributed by atoms with Crippen LogP contribution >= 0.6 is 0 Å². The molecule has 2 atom stereocenters. The average Bonchev–Trinajstić information content (AvgIpc) is 2.81. The average molecular weight is 435 g/mol. The molecule has 1 unspecified atom stereocenters. The number of rotatable bonds is 8. The topological polar surface area (TPSA) is 71.0 Å². The molecule has 4 rings (SSSR count). The molecular formula is C26H30N2O4. The summed E-state index contributed by atoms with van der Waals surface area (Å²) in [6, 6.07) is 20.9. The third-order valence-corrected chi connectivity index (χ3v) is 5.95. The van der Waals surface area contributed by atoms with Crippen molar-refractivity contribution in [2.75, 3.05) is 37.7 Å². The summed E-state index contributed by atoms with van der Waals surface area (Å²) in [6.45, 7) is 6.94. The number of aryl methyl sites for hydroxylation is 1. The molecule has 1 aliphatic heterocycles. The number of morpholine rings is 1. The lowest BCUT2D eigenvalue weighted by molar-refractivity contribution is -0.139. The van der Waals surface area contributed by atoms with Gasteiger partial charge in [0, 0.05) is 31.4 Å². The van der Waals surface area contributed by atoms with Crippen LogP contribution in [0.15, 0.2) is 60.7 Å². The molecule has 0 saturated carbocycles. The van der Waals surface area contributed by atoms with Gasteiger partial charge < -0.3 is 24.8 Å². The molecule has 0 bridgehead atoms. The van der Waals surface area contributed by atoms with Crippen LogP contribution < -0.4 is 15.0 Å². The van der Waals surface area contributed by atoms with E-state index < -0.39 is 5.97 Å².